The first-order valence-corrected chi connectivity index (χ1v) is 9.18. The smallest absolute Gasteiger partial charge is 0.343 e. The third-order valence-corrected chi connectivity index (χ3v) is 5.77. The quantitative estimate of drug-likeness (QED) is 0.637. The van der Waals surface area contributed by atoms with Crippen molar-refractivity contribution in [1.82, 2.24) is 9.55 Å². The second-order valence-electron chi connectivity index (χ2n) is 7.25. The van der Waals surface area contributed by atoms with Gasteiger partial charge in [0.15, 0.2) is 11.6 Å². The van der Waals surface area contributed by atoms with Crippen molar-refractivity contribution in [3.63, 3.8) is 0 Å². The molecule has 0 bridgehead atoms. The lowest BCUT2D eigenvalue weighted by Crippen LogP contribution is -2.45. The van der Waals surface area contributed by atoms with Gasteiger partial charge in [0.2, 0.25) is 0 Å². The van der Waals surface area contributed by atoms with Crippen molar-refractivity contribution in [2.75, 3.05) is 0 Å². The summed E-state index contributed by atoms with van der Waals surface area (Å²) in [5.41, 5.74) is -0.660. The number of carboxylic acid groups (broad SMARTS) is 1. The number of hydrogen-bond donors (Lipinski definition) is 2. The van der Waals surface area contributed by atoms with Crippen molar-refractivity contribution in [2.45, 2.75) is 31.6 Å². The lowest BCUT2D eigenvalue weighted by atomic mass is 9.86. The highest BCUT2D eigenvalue weighted by molar-refractivity contribution is 5.91. The van der Waals surface area contributed by atoms with Gasteiger partial charge in [-0.05, 0) is 24.6 Å². The fraction of sp³-hybridized carbons (Fsp3) is 0.238. The van der Waals surface area contributed by atoms with Crippen molar-refractivity contribution in [1.29, 1.82) is 0 Å². The molecule has 0 spiro atoms. The molecule has 3 aromatic rings. The maximum atomic E-state index is 13.3. The van der Waals surface area contributed by atoms with Crippen molar-refractivity contribution in [3.8, 4) is 11.4 Å². The van der Waals surface area contributed by atoms with E-state index in [1.165, 1.54) is 6.07 Å². The molecule has 0 fully saturated rings. The molecule has 2 aliphatic rings. The molecular weight excluding hydrogens is 376 g/mol. The summed E-state index contributed by atoms with van der Waals surface area (Å²) in [5.74, 6) is -2.01. The molecule has 8 heteroatoms. The number of rotatable bonds is 2. The van der Waals surface area contributed by atoms with E-state index in [2.05, 4.69) is 4.98 Å². The summed E-state index contributed by atoms with van der Waals surface area (Å²) >= 11 is 0. The van der Waals surface area contributed by atoms with E-state index in [1.807, 2.05) is 18.2 Å². The maximum Gasteiger partial charge on any atom is 0.343 e. The van der Waals surface area contributed by atoms with Crippen LogP contribution in [0.5, 0.6) is 0 Å². The number of aromatic nitrogens is 2. The van der Waals surface area contributed by atoms with Crippen LogP contribution in [0.3, 0.4) is 0 Å². The minimum absolute atomic E-state index is 0.0160. The van der Waals surface area contributed by atoms with Crippen LogP contribution in [0, 0.1) is 0 Å². The molecule has 2 N–H and O–H groups in total. The van der Waals surface area contributed by atoms with Crippen LogP contribution >= 0.6 is 0 Å². The average Bonchev–Trinajstić information content (AvgIpc) is 3.03. The molecule has 2 atom stereocenters. The zero-order chi connectivity index (χ0) is 20.5. The molecule has 146 valence electrons. The summed E-state index contributed by atoms with van der Waals surface area (Å²) in [7, 11) is 0. The van der Waals surface area contributed by atoms with E-state index < -0.39 is 29.1 Å². The van der Waals surface area contributed by atoms with Crippen molar-refractivity contribution >= 4 is 22.8 Å². The third-order valence-electron chi connectivity index (χ3n) is 5.77. The number of ether oxygens (including phenoxy) is 1. The normalized spacial score (nSPS) is 22.0. The van der Waals surface area contributed by atoms with E-state index in [9.17, 15) is 24.6 Å². The maximum absolute atomic E-state index is 13.3. The standard InChI is InChI=1S/C21H16N2O6/c1-2-21(28)13-8-15-16-11(7-10-5-3-4-6-14(10)22-16)17(19(25)26)23(15)18(24)12(13)9-29-20(21)27/h3-8,17,28H,2,9H2,1H3,(H,25,26)/t17?,21-/m0/s1. The zero-order valence-corrected chi connectivity index (χ0v) is 15.4. The monoisotopic (exact) mass is 392 g/mol. The lowest BCUT2D eigenvalue weighted by molar-refractivity contribution is -0.172. The van der Waals surface area contributed by atoms with Crippen molar-refractivity contribution in [3.05, 3.63) is 63.4 Å². The minimum Gasteiger partial charge on any atom is -0.479 e. The van der Waals surface area contributed by atoms with Gasteiger partial charge in [-0.2, -0.15) is 0 Å². The molecule has 1 unspecified atom stereocenters. The van der Waals surface area contributed by atoms with Crippen LogP contribution in [0.4, 0.5) is 0 Å². The van der Waals surface area contributed by atoms with Crippen LogP contribution in [-0.4, -0.2) is 31.7 Å². The molecule has 0 saturated carbocycles. The van der Waals surface area contributed by atoms with Gasteiger partial charge < -0.3 is 14.9 Å². The molecule has 2 aliphatic heterocycles. The summed E-state index contributed by atoms with van der Waals surface area (Å²) in [4.78, 5) is 42.2. The number of carbonyl (C=O) groups excluding carboxylic acids is 1. The first-order chi connectivity index (χ1) is 13.9. The van der Waals surface area contributed by atoms with E-state index in [0.717, 1.165) is 9.95 Å². The molecule has 0 aliphatic carbocycles. The zero-order valence-electron chi connectivity index (χ0n) is 15.4. The Balaban J connectivity index is 1.89. The number of hydrogen-bond acceptors (Lipinski definition) is 6. The van der Waals surface area contributed by atoms with Crippen LogP contribution in [-0.2, 0) is 26.5 Å². The summed E-state index contributed by atoms with van der Waals surface area (Å²) in [5, 5.41) is 21.5. The summed E-state index contributed by atoms with van der Waals surface area (Å²) < 4.78 is 6.18. The summed E-state index contributed by atoms with van der Waals surface area (Å²) in [6.07, 6.45) is 0.0160. The van der Waals surface area contributed by atoms with E-state index in [4.69, 9.17) is 4.74 Å². The summed E-state index contributed by atoms with van der Waals surface area (Å²) in [6.45, 7) is 1.30. The molecular formula is C21H16N2O6. The van der Waals surface area contributed by atoms with Gasteiger partial charge >= 0.3 is 11.9 Å². The third kappa shape index (κ3) is 2.17. The van der Waals surface area contributed by atoms with Gasteiger partial charge in [0.1, 0.15) is 6.61 Å². The van der Waals surface area contributed by atoms with Crippen molar-refractivity contribution < 1.29 is 24.5 Å². The molecule has 1 aromatic carbocycles. The van der Waals surface area contributed by atoms with E-state index in [0.29, 0.717) is 16.8 Å². The number of para-hydroxylation sites is 1. The largest absolute Gasteiger partial charge is 0.479 e. The van der Waals surface area contributed by atoms with E-state index in [1.54, 1.807) is 19.1 Å². The Morgan fingerprint density at radius 2 is 2.07 bits per heavy atom. The van der Waals surface area contributed by atoms with Gasteiger partial charge in [-0.3, -0.25) is 9.36 Å². The van der Waals surface area contributed by atoms with Crippen LogP contribution in [0.2, 0.25) is 0 Å². The molecule has 4 heterocycles. The number of aliphatic hydroxyl groups is 1. The van der Waals surface area contributed by atoms with Gasteiger partial charge in [-0.15, -0.1) is 0 Å². The second kappa shape index (κ2) is 5.74. The molecule has 2 aromatic heterocycles. The molecule has 0 saturated heterocycles. The SMILES string of the molecule is CC[C@@]1(O)C(=O)OCc2c1cc1n(c2=O)C(C(=O)O)c2cc3ccccc3nc2-1. The predicted octanol–water partition coefficient (Wildman–Crippen LogP) is 1.71. The number of cyclic esters (lactones) is 1. The number of nitrogens with zero attached hydrogens (tertiary/aromatic N) is 2. The van der Waals surface area contributed by atoms with Crippen LogP contribution in [0.15, 0.2) is 41.2 Å². The Morgan fingerprint density at radius 1 is 1.31 bits per heavy atom. The number of fused-ring (bicyclic) bond motifs is 5. The Morgan fingerprint density at radius 3 is 2.79 bits per heavy atom. The van der Waals surface area contributed by atoms with Crippen LogP contribution in [0.25, 0.3) is 22.3 Å². The fourth-order valence-electron chi connectivity index (χ4n) is 4.24. The van der Waals surface area contributed by atoms with Gasteiger partial charge in [-0.25, -0.2) is 14.6 Å². The number of esters is 1. The highest BCUT2D eigenvalue weighted by Gasteiger charge is 2.47. The van der Waals surface area contributed by atoms with E-state index in [-0.39, 0.29) is 29.8 Å². The molecule has 0 amide bonds. The van der Waals surface area contributed by atoms with Gasteiger partial charge in [0.05, 0.1) is 22.5 Å². The average molecular weight is 392 g/mol. The number of carboxylic acids is 1. The first kappa shape index (κ1) is 17.6. The predicted molar refractivity (Wildman–Crippen MR) is 101 cm³/mol. The topological polar surface area (TPSA) is 119 Å². The highest BCUT2D eigenvalue weighted by atomic mass is 16.6. The Hall–Kier alpha value is -3.52. The molecule has 8 nitrogen and oxygen atoms in total. The lowest BCUT2D eigenvalue weighted by Gasteiger charge is -2.32. The fourth-order valence-corrected chi connectivity index (χ4v) is 4.24. The van der Waals surface area contributed by atoms with Gasteiger partial charge in [0, 0.05) is 16.5 Å². The second-order valence-corrected chi connectivity index (χ2v) is 7.25. The van der Waals surface area contributed by atoms with E-state index >= 15 is 0 Å². The van der Waals surface area contributed by atoms with Crippen LogP contribution < -0.4 is 5.56 Å². The molecule has 5 rings (SSSR count). The number of carbonyl (C=O) groups is 2. The Kier molecular flexibility index (Phi) is 3.48. The van der Waals surface area contributed by atoms with Crippen molar-refractivity contribution in [2.24, 2.45) is 0 Å². The van der Waals surface area contributed by atoms with Gasteiger partial charge in [0.25, 0.3) is 5.56 Å². The van der Waals surface area contributed by atoms with Crippen LogP contribution in [0.1, 0.15) is 36.1 Å². The number of aliphatic carboxylic acids is 1. The summed E-state index contributed by atoms with van der Waals surface area (Å²) in [6, 6.07) is 9.23. The number of pyridine rings is 2. The molecule has 0 radical (unpaired) electrons. The Bertz CT molecular complexity index is 1290. The molecule has 29 heavy (non-hydrogen) atoms. The number of benzene rings is 1. The minimum atomic E-state index is -1.96. The first-order valence-electron chi connectivity index (χ1n) is 9.18. The highest BCUT2D eigenvalue weighted by Crippen LogP contribution is 2.42. The Labute approximate surface area is 164 Å². The van der Waals surface area contributed by atoms with Gasteiger partial charge in [-0.1, -0.05) is 25.1 Å².